The second kappa shape index (κ2) is 10.2. The van der Waals surface area contributed by atoms with Gasteiger partial charge < -0.3 is 19.9 Å². The van der Waals surface area contributed by atoms with E-state index in [1.54, 1.807) is 10.6 Å². The van der Waals surface area contributed by atoms with Gasteiger partial charge in [0.1, 0.15) is 12.4 Å². The lowest BCUT2D eigenvalue weighted by Crippen LogP contribution is -2.47. The summed E-state index contributed by atoms with van der Waals surface area (Å²) in [6.45, 7) is 0.697. The molecule has 0 spiro atoms. The van der Waals surface area contributed by atoms with Crippen LogP contribution < -0.4 is 5.32 Å². The highest BCUT2D eigenvalue weighted by Gasteiger charge is 2.32. The van der Waals surface area contributed by atoms with Crippen molar-refractivity contribution in [2.75, 3.05) is 0 Å². The van der Waals surface area contributed by atoms with Crippen molar-refractivity contribution in [3.63, 3.8) is 0 Å². The van der Waals surface area contributed by atoms with Crippen molar-refractivity contribution in [3.8, 4) is 0 Å². The van der Waals surface area contributed by atoms with Crippen LogP contribution in [0.25, 0.3) is 10.9 Å². The third-order valence-electron chi connectivity index (χ3n) is 6.88. The van der Waals surface area contributed by atoms with Crippen molar-refractivity contribution >= 4 is 22.9 Å². The van der Waals surface area contributed by atoms with Crippen molar-refractivity contribution in [2.24, 2.45) is 0 Å². The zero-order valence-corrected chi connectivity index (χ0v) is 19.9. The molecular formula is C29H28FN3O3. The molecule has 1 unspecified atom stereocenters. The van der Waals surface area contributed by atoms with E-state index >= 15 is 0 Å². The maximum absolute atomic E-state index is 14.2. The summed E-state index contributed by atoms with van der Waals surface area (Å²) in [6.07, 6.45) is 1.84. The summed E-state index contributed by atoms with van der Waals surface area (Å²) in [5, 5.41) is 13.3. The molecule has 4 aromatic rings. The fourth-order valence-corrected chi connectivity index (χ4v) is 5.21. The molecule has 1 heterocycles. The van der Waals surface area contributed by atoms with E-state index in [1.165, 1.54) is 12.1 Å². The Morgan fingerprint density at radius 2 is 1.69 bits per heavy atom. The molecule has 36 heavy (non-hydrogen) atoms. The summed E-state index contributed by atoms with van der Waals surface area (Å²) in [6, 6.07) is 23.9. The number of carbonyl (C=O) groups is 2. The molecule has 2 N–H and O–H groups in total. The zero-order chi connectivity index (χ0) is 25.1. The van der Waals surface area contributed by atoms with Crippen LogP contribution in [0.2, 0.25) is 0 Å². The number of carboxylic acids is 1. The Hall–Kier alpha value is -4.13. The Morgan fingerprint density at radius 1 is 1.00 bits per heavy atom. The van der Waals surface area contributed by atoms with E-state index in [2.05, 4.69) is 5.32 Å². The number of rotatable bonds is 7. The number of carbonyl (C=O) groups excluding carboxylic acids is 1. The molecule has 1 aliphatic carbocycles. The van der Waals surface area contributed by atoms with Crippen LogP contribution in [0, 0.1) is 5.82 Å². The minimum absolute atomic E-state index is 0.111. The Balaban J connectivity index is 1.46. The molecule has 3 aromatic carbocycles. The van der Waals surface area contributed by atoms with Crippen molar-refractivity contribution in [1.82, 2.24) is 14.8 Å². The SMILES string of the molecule is O=C(O)Cn1c2c(c3cc(F)ccc31)CC(N(Cc1ccccc1)C(=O)NCc1ccccc1)CC2. The quantitative estimate of drug-likeness (QED) is 0.381. The molecule has 1 aromatic heterocycles. The number of nitrogens with one attached hydrogen (secondary N) is 1. The van der Waals surface area contributed by atoms with E-state index in [4.69, 9.17) is 0 Å². The maximum atomic E-state index is 14.2. The summed E-state index contributed by atoms with van der Waals surface area (Å²) < 4.78 is 16.0. The first kappa shape index (κ1) is 23.6. The molecular weight excluding hydrogens is 457 g/mol. The van der Waals surface area contributed by atoms with Gasteiger partial charge in [-0.25, -0.2) is 9.18 Å². The van der Waals surface area contributed by atoms with Gasteiger partial charge in [0.2, 0.25) is 0 Å². The molecule has 2 amide bonds. The van der Waals surface area contributed by atoms with Gasteiger partial charge in [0, 0.05) is 35.7 Å². The van der Waals surface area contributed by atoms with Gasteiger partial charge in [0.25, 0.3) is 0 Å². The van der Waals surface area contributed by atoms with Crippen molar-refractivity contribution < 1.29 is 19.1 Å². The van der Waals surface area contributed by atoms with Gasteiger partial charge in [-0.3, -0.25) is 4.79 Å². The fourth-order valence-electron chi connectivity index (χ4n) is 5.21. The highest BCUT2D eigenvalue weighted by atomic mass is 19.1. The Morgan fingerprint density at radius 3 is 2.39 bits per heavy atom. The molecule has 1 aliphatic rings. The molecule has 5 rings (SSSR count). The Labute approximate surface area is 209 Å². The van der Waals surface area contributed by atoms with Gasteiger partial charge in [-0.15, -0.1) is 0 Å². The summed E-state index contributed by atoms with van der Waals surface area (Å²) in [4.78, 5) is 26.9. The van der Waals surface area contributed by atoms with E-state index in [0.717, 1.165) is 27.8 Å². The van der Waals surface area contributed by atoms with Gasteiger partial charge in [0.15, 0.2) is 0 Å². The molecule has 7 heteroatoms. The largest absolute Gasteiger partial charge is 0.480 e. The maximum Gasteiger partial charge on any atom is 0.323 e. The molecule has 0 fully saturated rings. The first-order valence-corrected chi connectivity index (χ1v) is 12.1. The zero-order valence-electron chi connectivity index (χ0n) is 19.9. The Kier molecular flexibility index (Phi) is 6.71. The number of aliphatic carboxylic acids is 1. The van der Waals surface area contributed by atoms with Crippen LogP contribution in [0.15, 0.2) is 78.9 Å². The number of nitrogens with zero attached hydrogens (tertiary/aromatic N) is 2. The van der Waals surface area contributed by atoms with Gasteiger partial charge in [-0.2, -0.15) is 0 Å². The molecule has 0 aliphatic heterocycles. The second-order valence-corrected chi connectivity index (χ2v) is 9.22. The minimum atomic E-state index is -0.938. The van der Waals surface area contributed by atoms with Crippen LogP contribution >= 0.6 is 0 Å². The van der Waals surface area contributed by atoms with E-state index < -0.39 is 5.97 Å². The number of amides is 2. The lowest BCUT2D eigenvalue weighted by molar-refractivity contribution is -0.137. The smallest absolute Gasteiger partial charge is 0.323 e. The number of fused-ring (bicyclic) bond motifs is 3. The van der Waals surface area contributed by atoms with Crippen molar-refractivity contribution in [2.45, 2.75) is 44.9 Å². The summed E-state index contributed by atoms with van der Waals surface area (Å²) in [7, 11) is 0. The highest BCUT2D eigenvalue weighted by molar-refractivity contribution is 5.87. The lowest BCUT2D eigenvalue weighted by Gasteiger charge is -2.35. The van der Waals surface area contributed by atoms with Crippen molar-refractivity contribution in [1.29, 1.82) is 0 Å². The fraction of sp³-hybridized carbons (Fsp3) is 0.241. The molecule has 0 bridgehead atoms. The van der Waals surface area contributed by atoms with Crippen LogP contribution in [0.3, 0.4) is 0 Å². The number of hydrogen-bond donors (Lipinski definition) is 2. The first-order chi connectivity index (χ1) is 17.5. The topological polar surface area (TPSA) is 74.6 Å². The first-order valence-electron chi connectivity index (χ1n) is 12.1. The minimum Gasteiger partial charge on any atom is -0.480 e. The normalized spacial score (nSPS) is 14.9. The van der Waals surface area contributed by atoms with Crippen LogP contribution in [-0.2, 0) is 37.3 Å². The highest BCUT2D eigenvalue weighted by Crippen LogP contribution is 2.34. The number of hydrogen-bond acceptors (Lipinski definition) is 2. The molecule has 1 atom stereocenters. The average molecular weight is 486 g/mol. The van der Waals surface area contributed by atoms with E-state index in [0.29, 0.717) is 37.9 Å². The monoisotopic (exact) mass is 485 g/mol. The number of carboxylic acid groups (broad SMARTS) is 1. The number of benzene rings is 3. The van der Waals surface area contributed by atoms with Gasteiger partial charge in [0.05, 0.1) is 0 Å². The lowest BCUT2D eigenvalue weighted by atomic mass is 9.90. The number of aromatic nitrogens is 1. The molecule has 6 nitrogen and oxygen atoms in total. The van der Waals surface area contributed by atoms with E-state index in [-0.39, 0.29) is 24.4 Å². The van der Waals surface area contributed by atoms with Crippen LogP contribution in [-0.4, -0.2) is 32.6 Å². The molecule has 0 saturated heterocycles. The number of halogens is 1. The third kappa shape index (κ3) is 4.96. The van der Waals surface area contributed by atoms with Gasteiger partial charge in [-0.1, -0.05) is 60.7 Å². The average Bonchev–Trinajstić information content (AvgIpc) is 3.18. The Bertz CT molecular complexity index is 1390. The number of urea groups is 1. The van der Waals surface area contributed by atoms with Crippen LogP contribution in [0.1, 0.15) is 28.8 Å². The predicted octanol–water partition coefficient (Wildman–Crippen LogP) is 5.13. The van der Waals surface area contributed by atoms with Gasteiger partial charge in [-0.05, 0) is 54.2 Å². The van der Waals surface area contributed by atoms with Crippen molar-refractivity contribution in [3.05, 3.63) is 107 Å². The van der Waals surface area contributed by atoms with Crippen LogP contribution in [0.4, 0.5) is 9.18 Å². The van der Waals surface area contributed by atoms with E-state index in [9.17, 15) is 19.1 Å². The van der Waals surface area contributed by atoms with Crippen LogP contribution in [0.5, 0.6) is 0 Å². The third-order valence-corrected chi connectivity index (χ3v) is 6.88. The predicted molar refractivity (Wildman–Crippen MR) is 136 cm³/mol. The van der Waals surface area contributed by atoms with E-state index in [1.807, 2.05) is 65.6 Å². The summed E-state index contributed by atoms with van der Waals surface area (Å²) >= 11 is 0. The molecule has 0 radical (unpaired) electrons. The summed E-state index contributed by atoms with van der Waals surface area (Å²) in [5.41, 5.74) is 4.60. The molecule has 184 valence electrons. The van der Waals surface area contributed by atoms with Gasteiger partial charge >= 0.3 is 12.0 Å². The summed E-state index contributed by atoms with van der Waals surface area (Å²) in [5.74, 6) is -1.30. The molecule has 0 saturated carbocycles. The standard InChI is InChI=1S/C29H28FN3O3/c30-22-11-13-26-24(15-22)25-16-23(12-14-27(25)33(26)19-28(34)35)32(18-21-9-5-2-6-10-21)29(36)31-17-20-7-3-1-4-8-20/h1-11,13,15,23H,12,14,16-19H2,(H,31,36)(H,34,35). The second-order valence-electron chi connectivity index (χ2n) is 9.22.